The normalized spacial score (nSPS) is 14.2. The van der Waals surface area contributed by atoms with Crippen molar-refractivity contribution in [3.8, 4) is 0 Å². The van der Waals surface area contributed by atoms with E-state index in [4.69, 9.17) is 4.74 Å². The van der Waals surface area contributed by atoms with Crippen molar-refractivity contribution < 1.29 is 17.9 Å². The van der Waals surface area contributed by atoms with Gasteiger partial charge in [-0.15, -0.1) is 0 Å². The molecule has 31 heavy (non-hydrogen) atoms. The average molecular weight is 439 g/mol. The molecule has 1 amide bonds. The fraction of sp³-hybridized carbons (Fsp3) is 0.292. The number of fused-ring (bicyclic) bond motifs is 2. The monoisotopic (exact) mass is 438 g/mol. The van der Waals surface area contributed by atoms with Gasteiger partial charge < -0.3 is 9.64 Å². The van der Waals surface area contributed by atoms with Crippen LogP contribution < -0.4 is 4.72 Å². The molecule has 0 unspecified atom stereocenters. The quantitative estimate of drug-likeness (QED) is 0.629. The molecule has 0 fully saturated rings. The highest BCUT2D eigenvalue weighted by atomic mass is 32.2. The Bertz CT molecular complexity index is 1250. The van der Waals surface area contributed by atoms with Crippen molar-refractivity contribution in [1.82, 2.24) is 4.90 Å². The van der Waals surface area contributed by atoms with Crippen molar-refractivity contribution in [2.24, 2.45) is 0 Å². The van der Waals surface area contributed by atoms with Gasteiger partial charge in [0.1, 0.15) is 5.60 Å². The third-order valence-electron chi connectivity index (χ3n) is 5.15. The summed E-state index contributed by atoms with van der Waals surface area (Å²) in [7, 11) is -3.71. The number of ether oxygens (including phenoxy) is 1. The van der Waals surface area contributed by atoms with Crippen LogP contribution in [0.2, 0.25) is 0 Å². The third-order valence-corrected chi connectivity index (χ3v) is 6.53. The fourth-order valence-electron chi connectivity index (χ4n) is 3.65. The highest BCUT2D eigenvalue weighted by Crippen LogP contribution is 2.26. The standard InChI is InChI=1S/C24H26N2O4S/c1-24(2,3)30-23(27)26-13-12-19-14-21(10-8-20(19)16-26)25-31(28,29)22-11-9-17-6-4-5-7-18(17)15-22/h4-11,14-15,25H,12-13,16H2,1-3H3. The Labute approximate surface area is 182 Å². The zero-order chi connectivity index (χ0) is 22.2. The number of hydrogen-bond donors (Lipinski definition) is 1. The van der Waals surface area contributed by atoms with E-state index in [1.165, 1.54) is 0 Å². The second-order valence-corrected chi connectivity index (χ2v) is 10.4. The molecule has 3 aromatic carbocycles. The first-order chi connectivity index (χ1) is 14.6. The predicted molar refractivity (Wildman–Crippen MR) is 122 cm³/mol. The summed E-state index contributed by atoms with van der Waals surface area (Å²) < 4.78 is 34.0. The molecular weight excluding hydrogens is 412 g/mol. The maximum Gasteiger partial charge on any atom is 0.410 e. The summed E-state index contributed by atoms with van der Waals surface area (Å²) in [4.78, 5) is 14.2. The molecule has 3 aromatic rings. The molecule has 1 aliphatic heterocycles. The lowest BCUT2D eigenvalue weighted by molar-refractivity contribution is 0.0224. The highest BCUT2D eigenvalue weighted by Gasteiger charge is 2.26. The Morgan fingerprint density at radius 2 is 1.71 bits per heavy atom. The lowest BCUT2D eigenvalue weighted by atomic mass is 9.99. The Morgan fingerprint density at radius 1 is 0.968 bits per heavy atom. The Hall–Kier alpha value is -3.06. The van der Waals surface area contributed by atoms with Crippen LogP contribution in [0.3, 0.4) is 0 Å². The lowest BCUT2D eigenvalue weighted by Crippen LogP contribution is -2.39. The van der Waals surface area contributed by atoms with Gasteiger partial charge in [0.15, 0.2) is 0 Å². The summed E-state index contributed by atoms with van der Waals surface area (Å²) >= 11 is 0. The number of nitrogens with one attached hydrogen (secondary N) is 1. The highest BCUT2D eigenvalue weighted by molar-refractivity contribution is 7.92. The van der Waals surface area contributed by atoms with E-state index < -0.39 is 15.6 Å². The number of carbonyl (C=O) groups excluding carboxylic acids is 1. The van der Waals surface area contributed by atoms with Crippen LogP contribution in [0.1, 0.15) is 31.9 Å². The molecule has 4 rings (SSSR count). The van der Waals surface area contributed by atoms with Crippen molar-refractivity contribution in [2.45, 2.75) is 44.2 Å². The van der Waals surface area contributed by atoms with Gasteiger partial charge >= 0.3 is 6.09 Å². The topological polar surface area (TPSA) is 75.7 Å². The number of benzene rings is 3. The van der Waals surface area contributed by atoms with Crippen LogP contribution in [0.5, 0.6) is 0 Å². The summed E-state index contributed by atoms with van der Waals surface area (Å²) in [6.07, 6.45) is 0.305. The zero-order valence-electron chi connectivity index (χ0n) is 17.9. The summed E-state index contributed by atoms with van der Waals surface area (Å²) in [6, 6.07) is 18.2. The summed E-state index contributed by atoms with van der Waals surface area (Å²) in [5.41, 5.74) is 1.99. The van der Waals surface area contributed by atoms with Crippen molar-refractivity contribution >= 4 is 32.6 Å². The minimum atomic E-state index is -3.71. The SMILES string of the molecule is CC(C)(C)OC(=O)N1CCc2cc(NS(=O)(=O)c3ccc4ccccc4c3)ccc2C1. The molecule has 0 atom stereocenters. The Kier molecular flexibility index (Phi) is 5.39. The smallest absolute Gasteiger partial charge is 0.410 e. The average Bonchev–Trinajstić information content (AvgIpc) is 2.71. The van der Waals surface area contributed by atoms with Crippen LogP contribution in [-0.2, 0) is 27.7 Å². The number of anilines is 1. The second-order valence-electron chi connectivity index (χ2n) is 8.75. The summed E-state index contributed by atoms with van der Waals surface area (Å²) in [5, 5.41) is 1.86. The van der Waals surface area contributed by atoms with Gasteiger partial charge in [0.05, 0.1) is 4.90 Å². The molecular formula is C24H26N2O4S. The number of carbonyl (C=O) groups is 1. The van der Waals surface area contributed by atoms with Crippen LogP contribution in [0.25, 0.3) is 10.8 Å². The fourth-order valence-corrected chi connectivity index (χ4v) is 4.73. The molecule has 6 nitrogen and oxygen atoms in total. The minimum Gasteiger partial charge on any atom is -0.444 e. The van der Waals surface area contributed by atoms with Gasteiger partial charge in [0.2, 0.25) is 0 Å². The van der Waals surface area contributed by atoms with Gasteiger partial charge in [-0.2, -0.15) is 0 Å². The van der Waals surface area contributed by atoms with Crippen molar-refractivity contribution in [3.63, 3.8) is 0 Å². The Morgan fingerprint density at radius 3 is 2.45 bits per heavy atom. The molecule has 162 valence electrons. The molecule has 0 aromatic heterocycles. The van der Waals surface area contributed by atoms with Gasteiger partial charge in [-0.3, -0.25) is 4.72 Å². The predicted octanol–water partition coefficient (Wildman–Crippen LogP) is 4.93. The van der Waals surface area contributed by atoms with Gasteiger partial charge in [-0.05, 0) is 73.4 Å². The molecule has 0 saturated carbocycles. The number of nitrogens with zero attached hydrogens (tertiary/aromatic N) is 1. The van der Waals surface area contributed by atoms with Crippen LogP contribution in [0.4, 0.5) is 10.5 Å². The molecule has 0 radical (unpaired) electrons. The third kappa shape index (κ3) is 4.82. The minimum absolute atomic E-state index is 0.222. The lowest BCUT2D eigenvalue weighted by Gasteiger charge is -2.31. The number of amides is 1. The number of sulfonamides is 1. The van der Waals surface area contributed by atoms with E-state index in [1.807, 2.05) is 63.2 Å². The Balaban J connectivity index is 1.51. The molecule has 1 N–H and O–H groups in total. The summed E-state index contributed by atoms with van der Waals surface area (Å²) in [5.74, 6) is 0. The van der Waals surface area contributed by atoms with E-state index in [1.54, 1.807) is 23.1 Å². The van der Waals surface area contributed by atoms with Gasteiger partial charge in [0.25, 0.3) is 10.0 Å². The van der Waals surface area contributed by atoms with Crippen LogP contribution in [-0.4, -0.2) is 31.6 Å². The van der Waals surface area contributed by atoms with Crippen LogP contribution in [0.15, 0.2) is 65.6 Å². The largest absolute Gasteiger partial charge is 0.444 e. The maximum atomic E-state index is 12.9. The van der Waals surface area contributed by atoms with E-state index in [2.05, 4.69) is 4.72 Å². The van der Waals surface area contributed by atoms with Crippen LogP contribution in [0, 0.1) is 0 Å². The molecule has 1 heterocycles. The van der Waals surface area contributed by atoms with Crippen molar-refractivity contribution in [2.75, 3.05) is 11.3 Å². The molecule has 0 saturated heterocycles. The van der Waals surface area contributed by atoms with E-state index in [0.29, 0.717) is 25.2 Å². The number of hydrogen-bond acceptors (Lipinski definition) is 4. The first kappa shape index (κ1) is 21.2. The van der Waals surface area contributed by atoms with E-state index in [-0.39, 0.29) is 11.0 Å². The molecule has 0 bridgehead atoms. The number of rotatable bonds is 3. The van der Waals surface area contributed by atoms with E-state index in [0.717, 1.165) is 21.9 Å². The zero-order valence-corrected chi connectivity index (χ0v) is 18.7. The van der Waals surface area contributed by atoms with Crippen molar-refractivity contribution in [1.29, 1.82) is 0 Å². The van der Waals surface area contributed by atoms with Crippen LogP contribution >= 0.6 is 0 Å². The van der Waals surface area contributed by atoms with E-state index >= 15 is 0 Å². The molecule has 0 spiro atoms. The molecule has 1 aliphatic rings. The molecule has 0 aliphatic carbocycles. The van der Waals surface area contributed by atoms with Crippen molar-refractivity contribution in [3.05, 3.63) is 71.8 Å². The van der Waals surface area contributed by atoms with Gasteiger partial charge in [-0.1, -0.05) is 36.4 Å². The first-order valence-corrected chi connectivity index (χ1v) is 11.7. The maximum absolute atomic E-state index is 12.9. The summed E-state index contributed by atoms with van der Waals surface area (Å²) in [6.45, 7) is 6.51. The van der Waals surface area contributed by atoms with Gasteiger partial charge in [0, 0.05) is 18.8 Å². The van der Waals surface area contributed by atoms with E-state index in [9.17, 15) is 13.2 Å². The first-order valence-electron chi connectivity index (χ1n) is 10.2. The second kappa shape index (κ2) is 7.89. The molecule has 7 heteroatoms. The van der Waals surface area contributed by atoms with Gasteiger partial charge in [-0.25, -0.2) is 13.2 Å².